The fourth-order valence-corrected chi connectivity index (χ4v) is 3.07. The van der Waals surface area contributed by atoms with E-state index in [1.165, 1.54) is 6.42 Å². The van der Waals surface area contributed by atoms with E-state index in [4.69, 9.17) is 0 Å². The van der Waals surface area contributed by atoms with Gasteiger partial charge in [-0.05, 0) is 36.5 Å². The summed E-state index contributed by atoms with van der Waals surface area (Å²) in [5.74, 6) is 0.207. The molecule has 1 saturated carbocycles. The Labute approximate surface area is 134 Å². The summed E-state index contributed by atoms with van der Waals surface area (Å²) in [6, 6.07) is 9.74. The summed E-state index contributed by atoms with van der Waals surface area (Å²) in [4.78, 5) is 12.3. The monoisotopic (exact) mass is 346 g/mol. The highest BCUT2D eigenvalue weighted by molar-refractivity contribution is 9.10. The first kappa shape index (κ1) is 15.8. The summed E-state index contributed by atoms with van der Waals surface area (Å²) in [5, 5.41) is 12.3. The Morgan fingerprint density at radius 2 is 2.10 bits per heavy atom. The molecule has 0 radical (unpaired) electrons. The van der Waals surface area contributed by atoms with Gasteiger partial charge in [-0.3, -0.25) is 4.79 Å². The van der Waals surface area contributed by atoms with Crippen LogP contribution in [0.4, 0.5) is 0 Å². The molecule has 1 amide bonds. The maximum Gasteiger partial charge on any atom is 0.262 e. The normalized spacial score (nSPS) is 22.4. The first-order chi connectivity index (χ1) is 10.1. The van der Waals surface area contributed by atoms with E-state index >= 15 is 0 Å². The van der Waals surface area contributed by atoms with Gasteiger partial charge < -0.3 is 5.32 Å². The van der Waals surface area contributed by atoms with Crippen LogP contribution in [0.5, 0.6) is 0 Å². The zero-order chi connectivity index (χ0) is 15.2. The van der Waals surface area contributed by atoms with Crippen molar-refractivity contribution in [2.45, 2.75) is 38.6 Å². The van der Waals surface area contributed by atoms with Crippen LogP contribution in [0.1, 0.15) is 38.2 Å². The van der Waals surface area contributed by atoms with Gasteiger partial charge in [0.05, 0.1) is 0 Å². The number of hydrogen-bond acceptors (Lipinski definition) is 2. The number of nitrogens with one attached hydrogen (secondary N) is 1. The van der Waals surface area contributed by atoms with Crippen molar-refractivity contribution in [2.75, 3.05) is 0 Å². The Balaban J connectivity index is 2.12. The Morgan fingerprint density at radius 3 is 2.76 bits per heavy atom. The third-order valence-electron chi connectivity index (χ3n) is 4.00. The number of hydrogen-bond donors (Lipinski definition) is 1. The van der Waals surface area contributed by atoms with Crippen LogP contribution in [0.2, 0.25) is 0 Å². The number of carbonyl (C=O) groups excluding carboxylic acids is 1. The highest BCUT2D eigenvalue weighted by atomic mass is 79.9. The summed E-state index contributed by atoms with van der Waals surface area (Å²) in [5.41, 5.74) is 0.987. The summed E-state index contributed by atoms with van der Waals surface area (Å²) < 4.78 is 0.872. The van der Waals surface area contributed by atoms with E-state index in [0.717, 1.165) is 29.3 Å². The van der Waals surface area contributed by atoms with Gasteiger partial charge in [-0.25, -0.2) is 0 Å². The molecule has 1 N–H and O–H groups in total. The van der Waals surface area contributed by atoms with Crippen LogP contribution < -0.4 is 5.32 Å². The minimum absolute atomic E-state index is 0.152. The lowest BCUT2D eigenvalue weighted by Gasteiger charge is -2.29. The van der Waals surface area contributed by atoms with Gasteiger partial charge in [0, 0.05) is 10.5 Å². The van der Waals surface area contributed by atoms with Gasteiger partial charge in [0.2, 0.25) is 0 Å². The molecule has 0 aromatic heterocycles. The van der Waals surface area contributed by atoms with Gasteiger partial charge in [0.1, 0.15) is 11.6 Å². The molecule has 1 aliphatic carbocycles. The molecule has 0 spiro atoms. The van der Waals surface area contributed by atoms with E-state index in [2.05, 4.69) is 28.2 Å². The van der Waals surface area contributed by atoms with Crippen molar-refractivity contribution in [2.24, 2.45) is 5.92 Å². The van der Waals surface area contributed by atoms with Gasteiger partial charge in [-0.15, -0.1) is 0 Å². The number of nitrogens with zero attached hydrogens (tertiary/aromatic N) is 1. The highest BCUT2D eigenvalue weighted by Gasteiger charge is 2.24. The van der Waals surface area contributed by atoms with Crippen molar-refractivity contribution in [3.05, 3.63) is 39.9 Å². The van der Waals surface area contributed by atoms with E-state index in [1.807, 2.05) is 30.3 Å². The average Bonchev–Trinajstić information content (AvgIpc) is 2.48. The van der Waals surface area contributed by atoms with Crippen LogP contribution >= 0.6 is 15.9 Å². The SMILES string of the molecule is C[C@H]1CCCC[C@H]1NC(=O)/C(C#N)=C/c1ccccc1Br. The molecule has 1 aromatic carbocycles. The van der Waals surface area contributed by atoms with Crippen molar-refractivity contribution in [3.8, 4) is 6.07 Å². The second-order valence-corrected chi connectivity index (χ2v) is 6.39. The predicted octanol–water partition coefficient (Wildman–Crippen LogP) is 4.05. The van der Waals surface area contributed by atoms with Gasteiger partial charge >= 0.3 is 0 Å². The molecule has 4 heteroatoms. The molecule has 21 heavy (non-hydrogen) atoms. The van der Waals surface area contributed by atoms with Crippen LogP contribution in [-0.2, 0) is 4.79 Å². The standard InChI is InChI=1S/C17H19BrN2O/c1-12-6-2-5-9-16(12)20-17(21)14(11-19)10-13-7-3-4-8-15(13)18/h3-4,7-8,10,12,16H,2,5-6,9H2,1H3,(H,20,21)/b14-10+/t12-,16+/m0/s1. The molecule has 0 aliphatic heterocycles. The number of carbonyl (C=O) groups is 1. The predicted molar refractivity (Wildman–Crippen MR) is 87.3 cm³/mol. The summed E-state index contributed by atoms with van der Waals surface area (Å²) in [7, 11) is 0. The minimum atomic E-state index is -0.271. The minimum Gasteiger partial charge on any atom is -0.348 e. The second kappa shape index (κ2) is 7.42. The van der Waals surface area contributed by atoms with E-state index in [9.17, 15) is 10.1 Å². The lowest BCUT2D eigenvalue weighted by atomic mass is 9.86. The van der Waals surface area contributed by atoms with Crippen LogP contribution in [0.15, 0.2) is 34.3 Å². The summed E-state index contributed by atoms with van der Waals surface area (Å²) >= 11 is 3.43. The van der Waals surface area contributed by atoms with E-state index in [1.54, 1.807) is 6.08 Å². The quantitative estimate of drug-likeness (QED) is 0.662. The van der Waals surface area contributed by atoms with Gasteiger partial charge in [0.15, 0.2) is 0 Å². The average molecular weight is 347 g/mol. The molecular weight excluding hydrogens is 328 g/mol. The fourth-order valence-electron chi connectivity index (χ4n) is 2.67. The molecule has 3 nitrogen and oxygen atoms in total. The second-order valence-electron chi connectivity index (χ2n) is 5.53. The van der Waals surface area contributed by atoms with Crippen LogP contribution in [0, 0.1) is 17.2 Å². The summed E-state index contributed by atoms with van der Waals surface area (Å²) in [6.45, 7) is 2.16. The number of nitriles is 1. The van der Waals surface area contributed by atoms with Gasteiger partial charge in [0.25, 0.3) is 5.91 Å². The first-order valence-corrected chi connectivity index (χ1v) is 8.08. The number of halogens is 1. The Hall–Kier alpha value is -1.60. The lowest BCUT2D eigenvalue weighted by molar-refractivity contribution is -0.118. The van der Waals surface area contributed by atoms with Crippen LogP contribution in [0.25, 0.3) is 6.08 Å². The van der Waals surface area contributed by atoms with E-state index < -0.39 is 0 Å². The molecule has 1 aliphatic rings. The fraction of sp³-hybridized carbons (Fsp3) is 0.412. The Kier molecular flexibility index (Phi) is 5.58. The molecule has 0 unspecified atom stereocenters. The van der Waals surface area contributed by atoms with Crippen LogP contribution in [0.3, 0.4) is 0 Å². The third-order valence-corrected chi connectivity index (χ3v) is 4.72. The number of benzene rings is 1. The third kappa shape index (κ3) is 4.18. The molecule has 1 aromatic rings. The molecule has 0 saturated heterocycles. The Morgan fingerprint density at radius 1 is 1.38 bits per heavy atom. The zero-order valence-corrected chi connectivity index (χ0v) is 13.7. The number of amides is 1. The lowest BCUT2D eigenvalue weighted by Crippen LogP contribution is -2.41. The van der Waals surface area contributed by atoms with Crippen molar-refractivity contribution >= 4 is 27.9 Å². The van der Waals surface area contributed by atoms with Crippen molar-refractivity contribution < 1.29 is 4.79 Å². The topological polar surface area (TPSA) is 52.9 Å². The summed E-state index contributed by atoms with van der Waals surface area (Å²) in [6.07, 6.45) is 6.14. The van der Waals surface area contributed by atoms with Crippen molar-refractivity contribution in [3.63, 3.8) is 0 Å². The van der Waals surface area contributed by atoms with Crippen LogP contribution in [-0.4, -0.2) is 11.9 Å². The molecule has 1 fully saturated rings. The largest absolute Gasteiger partial charge is 0.348 e. The van der Waals surface area contributed by atoms with Crippen molar-refractivity contribution in [1.29, 1.82) is 5.26 Å². The molecular formula is C17H19BrN2O. The Bertz CT molecular complexity index is 589. The molecule has 2 rings (SSSR count). The van der Waals surface area contributed by atoms with Crippen molar-refractivity contribution in [1.82, 2.24) is 5.32 Å². The zero-order valence-electron chi connectivity index (χ0n) is 12.1. The maximum atomic E-state index is 12.3. The highest BCUT2D eigenvalue weighted by Crippen LogP contribution is 2.24. The molecule has 0 heterocycles. The number of rotatable bonds is 3. The van der Waals surface area contributed by atoms with Gasteiger partial charge in [-0.1, -0.05) is 53.9 Å². The molecule has 0 bridgehead atoms. The first-order valence-electron chi connectivity index (χ1n) is 7.29. The van der Waals surface area contributed by atoms with E-state index in [-0.39, 0.29) is 17.5 Å². The maximum absolute atomic E-state index is 12.3. The van der Waals surface area contributed by atoms with Gasteiger partial charge in [-0.2, -0.15) is 5.26 Å². The molecule has 2 atom stereocenters. The molecule has 110 valence electrons. The van der Waals surface area contributed by atoms with E-state index in [0.29, 0.717) is 5.92 Å². The smallest absolute Gasteiger partial charge is 0.262 e.